The van der Waals surface area contributed by atoms with Crippen LogP contribution < -0.4 is 0 Å². The van der Waals surface area contributed by atoms with Crippen LogP contribution in [0.5, 0.6) is 0 Å². The number of hydrogen-bond donors (Lipinski definition) is 0. The summed E-state index contributed by atoms with van der Waals surface area (Å²) in [5.41, 5.74) is 0.572. The van der Waals surface area contributed by atoms with Gasteiger partial charge in [0.2, 0.25) is 17.6 Å². The number of halogens is 1. The second-order valence-corrected chi connectivity index (χ2v) is 8.85. The lowest BCUT2D eigenvalue weighted by Crippen LogP contribution is -2.53. The SMILES string of the molecule is CCOC(=O)C1CCCN(C(=O)C(C)N2CCCC(c3nc(-c4cccc(F)c4)no3)C2)C1. The molecule has 0 N–H and O–H groups in total. The van der Waals surface area contributed by atoms with Crippen LogP contribution in [0.15, 0.2) is 28.8 Å². The van der Waals surface area contributed by atoms with Crippen LogP contribution >= 0.6 is 0 Å². The number of likely N-dealkylation sites (tertiary alicyclic amines) is 2. The Hall–Kier alpha value is -2.81. The molecule has 4 rings (SSSR count). The number of nitrogens with zero attached hydrogens (tertiary/aromatic N) is 4. The number of piperidine rings is 2. The van der Waals surface area contributed by atoms with Crippen molar-refractivity contribution in [1.82, 2.24) is 19.9 Å². The van der Waals surface area contributed by atoms with E-state index >= 15 is 0 Å². The van der Waals surface area contributed by atoms with Crippen molar-refractivity contribution in [3.05, 3.63) is 36.0 Å². The normalized spacial score (nSPS) is 22.7. The van der Waals surface area contributed by atoms with Gasteiger partial charge in [0.1, 0.15) is 5.82 Å². The minimum Gasteiger partial charge on any atom is -0.466 e. The third-order valence-corrected chi connectivity index (χ3v) is 6.58. The number of carbonyl (C=O) groups excluding carboxylic acids is 2. The summed E-state index contributed by atoms with van der Waals surface area (Å²) in [5, 5.41) is 4.03. The molecular formula is C24H31FN4O4. The summed E-state index contributed by atoms with van der Waals surface area (Å²) in [4.78, 5) is 33.8. The molecule has 0 saturated carbocycles. The monoisotopic (exact) mass is 458 g/mol. The van der Waals surface area contributed by atoms with Crippen LogP contribution in [0.1, 0.15) is 51.3 Å². The number of aromatic nitrogens is 2. The maximum absolute atomic E-state index is 13.5. The lowest BCUT2D eigenvalue weighted by Gasteiger charge is -2.39. The largest absolute Gasteiger partial charge is 0.466 e. The van der Waals surface area contributed by atoms with Gasteiger partial charge in [0.15, 0.2) is 0 Å². The maximum atomic E-state index is 13.5. The Kier molecular flexibility index (Phi) is 7.37. The van der Waals surface area contributed by atoms with Gasteiger partial charge in [-0.25, -0.2) is 4.39 Å². The van der Waals surface area contributed by atoms with Gasteiger partial charge in [0, 0.05) is 25.2 Å². The topological polar surface area (TPSA) is 88.8 Å². The van der Waals surface area contributed by atoms with E-state index in [-0.39, 0.29) is 35.6 Å². The Balaban J connectivity index is 1.39. The maximum Gasteiger partial charge on any atom is 0.310 e. The predicted octanol–water partition coefficient (Wildman–Crippen LogP) is 3.25. The smallest absolute Gasteiger partial charge is 0.310 e. The first-order chi connectivity index (χ1) is 16.0. The molecule has 9 heteroatoms. The molecule has 0 spiro atoms. The van der Waals surface area contributed by atoms with E-state index in [1.807, 2.05) is 6.92 Å². The van der Waals surface area contributed by atoms with Crippen molar-refractivity contribution in [3.63, 3.8) is 0 Å². The van der Waals surface area contributed by atoms with Gasteiger partial charge < -0.3 is 14.2 Å². The van der Waals surface area contributed by atoms with Gasteiger partial charge in [-0.15, -0.1) is 0 Å². The molecule has 1 aromatic carbocycles. The molecule has 2 aromatic rings. The molecule has 2 fully saturated rings. The molecule has 2 aliphatic rings. The van der Waals surface area contributed by atoms with Gasteiger partial charge in [0.25, 0.3) is 0 Å². The number of ether oxygens (including phenoxy) is 1. The molecule has 0 radical (unpaired) electrons. The fraction of sp³-hybridized carbons (Fsp3) is 0.583. The molecule has 178 valence electrons. The van der Waals surface area contributed by atoms with Crippen LogP contribution in [0.2, 0.25) is 0 Å². The zero-order valence-corrected chi connectivity index (χ0v) is 19.2. The van der Waals surface area contributed by atoms with Crippen LogP contribution in [-0.2, 0) is 14.3 Å². The first kappa shape index (κ1) is 23.4. The summed E-state index contributed by atoms with van der Waals surface area (Å²) in [6.45, 7) is 6.59. The van der Waals surface area contributed by atoms with Crippen molar-refractivity contribution in [3.8, 4) is 11.4 Å². The fourth-order valence-corrected chi connectivity index (χ4v) is 4.76. The Morgan fingerprint density at radius 3 is 2.85 bits per heavy atom. The van der Waals surface area contributed by atoms with Gasteiger partial charge in [-0.3, -0.25) is 14.5 Å². The molecule has 3 heterocycles. The van der Waals surface area contributed by atoms with Crippen molar-refractivity contribution in [2.24, 2.45) is 5.92 Å². The molecule has 3 unspecified atom stereocenters. The van der Waals surface area contributed by atoms with E-state index in [2.05, 4.69) is 15.0 Å². The number of amides is 1. The highest BCUT2D eigenvalue weighted by atomic mass is 19.1. The Bertz CT molecular complexity index is 981. The second kappa shape index (κ2) is 10.4. The van der Waals surface area contributed by atoms with Gasteiger partial charge in [0.05, 0.1) is 24.5 Å². The van der Waals surface area contributed by atoms with Crippen molar-refractivity contribution >= 4 is 11.9 Å². The van der Waals surface area contributed by atoms with E-state index in [0.717, 1.165) is 32.2 Å². The van der Waals surface area contributed by atoms with Crippen molar-refractivity contribution in [1.29, 1.82) is 0 Å². The summed E-state index contributed by atoms with van der Waals surface area (Å²) in [6, 6.07) is 5.81. The van der Waals surface area contributed by atoms with E-state index in [1.165, 1.54) is 12.1 Å². The third kappa shape index (κ3) is 5.40. The van der Waals surface area contributed by atoms with Crippen LogP contribution in [0.4, 0.5) is 4.39 Å². The number of benzene rings is 1. The standard InChI is InChI=1S/C24H31FN4O4/c1-3-32-24(31)19-9-6-12-29(15-19)23(30)16(2)28-11-5-8-18(14-28)22-26-21(27-33-22)17-7-4-10-20(25)13-17/h4,7,10,13,16,18-19H,3,5-6,8-9,11-12,14-15H2,1-2H3. The molecule has 8 nitrogen and oxygen atoms in total. The summed E-state index contributed by atoms with van der Waals surface area (Å²) in [6.07, 6.45) is 3.35. The minimum absolute atomic E-state index is 0.0115. The van der Waals surface area contributed by atoms with Crippen LogP contribution in [-0.4, -0.2) is 70.6 Å². The molecular weight excluding hydrogens is 427 g/mol. The van der Waals surface area contributed by atoms with E-state index < -0.39 is 0 Å². The highest BCUT2D eigenvalue weighted by Gasteiger charge is 2.35. The van der Waals surface area contributed by atoms with Crippen LogP contribution in [0.25, 0.3) is 11.4 Å². The van der Waals surface area contributed by atoms with Gasteiger partial charge in [-0.05, 0) is 58.2 Å². The first-order valence-corrected chi connectivity index (χ1v) is 11.7. The summed E-state index contributed by atoms with van der Waals surface area (Å²) in [7, 11) is 0. The average molecular weight is 459 g/mol. The van der Waals surface area contributed by atoms with E-state index in [1.54, 1.807) is 24.0 Å². The number of hydrogen-bond acceptors (Lipinski definition) is 7. The summed E-state index contributed by atoms with van der Waals surface area (Å²) in [5.74, 6) is 0.115. The number of carbonyl (C=O) groups is 2. The molecule has 1 amide bonds. The zero-order valence-electron chi connectivity index (χ0n) is 19.2. The van der Waals surface area contributed by atoms with Crippen molar-refractivity contribution in [2.45, 2.75) is 51.5 Å². The molecule has 0 aliphatic carbocycles. The molecule has 1 aromatic heterocycles. The van der Waals surface area contributed by atoms with Gasteiger partial charge in [-0.2, -0.15) is 4.98 Å². The Morgan fingerprint density at radius 1 is 1.24 bits per heavy atom. The van der Waals surface area contributed by atoms with Crippen molar-refractivity contribution < 1.29 is 23.2 Å². The molecule has 2 saturated heterocycles. The Morgan fingerprint density at radius 2 is 2.06 bits per heavy atom. The third-order valence-electron chi connectivity index (χ3n) is 6.58. The molecule has 33 heavy (non-hydrogen) atoms. The zero-order chi connectivity index (χ0) is 23.4. The second-order valence-electron chi connectivity index (χ2n) is 8.85. The average Bonchev–Trinajstić information content (AvgIpc) is 3.34. The predicted molar refractivity (Wildman–Crippen MR) is 119 cm³/mol. The molecule has 3 atom stereocenters. The summed E-state index contributed by atoms with van der Waals surface area (Å²) >= 11 is 0. The van der Waals surface area contributed by atoms with Crippen LogP contribution in [0, 0.1) is 11.7 Å². The van der Waals surface area contributed by atoms with E-state index in [0.29, 0.717) is 43.5 Å². The van der Waals surface area contributed by atoms with E-state index in [9.17, 15) is 14.0 Å². The number of esters is 1. The fourth-order valence-electron chi connectivity index (χ4n) is 4.76. The lowest BCUT2D eigenvalue weighted by atomic mass is 9.95. The highest BCUT2D eigenvalue weighted by Crippen LogP contribution is 2.29. The van der Waals surface area contributed by atoms with Crippen LogP contribution in [0.3, 0.4) is 0 Å². The minimum atomic E-state index is -0.349. The van der Waals surface area contributed by atoms with Gasteiger partial charge in [-0.1, -0.05) is 17.3 Å². The number of rotatable bonds is 6. The quantitative estimate of drug-likeness (QED) is 0.614. The van der Waals surface area contributed by atoms with E-state index in [4.69, 9.17) is 9.26 Å². The van der Waals surface area contributed by atoms with Crippen molar-refractivity contribution in [2.75, 3.05) is 32.8 Å². The Labute approximate surface area is 193 Å². The molecule has 2 aliphatic heterocycles. The summed E-state index contributed by atoms with van der Waals surface area (Å²) < 4.78 is 24.2. The van der Waals surface area contributed by atoms with Gasteiger partial charge >= 0.3 is 5.97 Å². The lowest BCUT2D eigenvalue weighted by molar-refractivity contribution is -0.152. The highest BCUT2D eigenvalue weighted by molar-refractivity contribution is 5.82. The molecule has 0 bridgehead atoms. The first-order valence-electron chi connectivity index (χ1n) is 11.7.